The van der Waals surface area contributed by atoms with Crippen LogP contribution in [0, 0.1) is 11.3 Å². The highest BCUT2D eigenvalue weighted by molar-refractivity contribution is 5.79. The van der Waals surface area contributed by atoms with E-state index in [1.807, 2.05) is 11.9 Å². The maximum absolute atomic E-state index is 12.6. The van der Waals surface area contributed by atoms with Gasteiger partial charge in [0.1, 0.15) is 0 Å². The van der Waals surface area contributed by atoms with Crippen molar-refractivity contribution in [1.29, 1.82) is 0 Å². The standard InChI is InChI=1S/C15H28N2O2/c1-14(2)12(10-15(14,3)19-5)17(4)13(18)11-6-8-16-9-7-11/h11-12,16H,6-10H2,1-5H3/t12-,15+/m1/s1. The summed E-state index contributed by atoms with van der Waals surface area (Å²) in [7, 11) is 3.73. The quantitative estimate of drug-likeness (QED) is 0.846. The van der Waals surface area contributed by atoms with Crippen molar-refractivity contribution < 1.29 is 9.53 Å². The molecule has 2 atom stereocenters. The third kappa shape index (κ3) is 2.29. The summed E-state index contributed by atoms with van der Waals surface area (Å²) >= 11 is 0. The predicted octanol–water partition coefficient (Wildman–Crippen LogP) is 1.65. The van der Waals surface area contributed by atoms with Crippen molar-refractivity contribution in [3.05, 3.63) is 0 Å². The Kier molecular flexibility index (Phi) is 3.94. The SMILES string of the molecule is CO[C@@]1(C)C[C@@H](N(C)C(=O)C2CCNCC2)C1(C)C. The van der Waals surface area contributed by atoms with Gasteiger partial charge in [-0.15, -0.1) is 0 Å². The van der Waals surface area contributed by atoms with Crippen LogP contribution in [0.25, 0.3) is 0 Å². The second kappa shape index (κ2) is 5.06. The van der Waals surface area contributed by atoms with E-state index in [1.54, 1.807) is 7.11 Å². The van der Waals surface area contributed by atoms with Crippen LogP contribution in [-0.2, 0) is 9.53 Å². The zero-order chi connectivity index (χ0) is 14.3. The zero-order valence-electron chi connectivity index (χ0n) is 13.0. The average Bonchev–Trinajstić information content (AvgIpc) is 2.43. The topological polar surface area (TPSA) is 41.6 Å². The van der Waals surface area contributed by atoms with Gasteiger partial charge >= 0.3 is 0 Å². The van der Waals surface area contributed by atoms with E-state index in [1.165, 1.54) is 0 Å². The molecule has 19 heavy (non-hydrogen) atoms. The minimum atomic E-state index is -0.111. The lowest BCUT2D eigenvalue weighted by Gasteiger charge is -2.61. The van der Waals surface area contributed by atoms with Gasteiger partial charge in [-0.05, 0) is 39.3 Å². The van der Waals surface area contributed by atoms with E-state index in [4.69, 9.17) is 4.74 Å². The summed E-state index contributed by atoms with van der Waals surface area (Å²) in [6, 6.07) is 0.292. The first-order valence-electron chi connectivity index (χ1n) is 7.36. The second-order valence-corrected chi connectivity index (χ2v) is 6.85. The van der Waals surface area contributed by atoms with Crippen LogP contribution in [0.3, 0.4) is 0 Å². The lowest BCUT2D eigenvalue weighted by atomic mass is 9.55. The maximum Gasteiger partial charge on any atom is 0.225 e. The van der Waals surface area contributed by atoms with Gasteiger partial charge in [0.15, 0.2) is 0 Å². The fourth-order valence-corrected chi connectivity index (χ4v) is 3.59. The molecule has 0 aromatic rings. The molecule has 1 N–H and O–H groups in total. The van der Waals surface area contributed by atoms with Crippen LogP contribution in [0.5, 0.6) is 0 Å². The van der Waals surface area contributed by atoms with E-state index < -0.39 is 0 Å². The summed E-state index contributed by atoms with van der Waals surface area (Å²) in [5, 5.41) is 3.31. The smallest absolute Gasteiger partial charge is 0.225 e. The molecule has 1 saturated heterocycles. The largest absolute Gasteiger partial charge is 0.378 e. The molecule has 1 aliphatic carbocycles. The van der Waals surface area contributed by atoms with E-state index in [-0.39, 0.29) is 16.9 Å². The Hall–Kier alpha value is -0.610. The van der Waals surface area contributed by atoms with Crippen LogP contribution < -0.4 is 5.32 Å². The van der Waals surface area contributed by atoms with Crippen molar-refractivity contribution in [2.45, 2.75) is 51.7 Å². The molecular weight excluding hydrogens is 240 g/mol. The molecule has 2 aliphatic rings. The average molecular weight is 268 g/mol. The molecule has 2 fully saturated rings. The first-order chi connectivity index (χ1) is 8.83. The first-order valence-corrected chi connectivity index (χ1v) is 7.36. The van der Waals surface area contributed by atoms with Crippen LogP contribution in [0.4, 0.5) is 0 Å². The van der Waals surface area contributed by atoms with Crippen LogP contribution >= 0.6 is 0 Å². The number of rotatable bonds is 3. The van der Waals surface area contributed by atoms with Gasteiger partial charge in [-0.3, -0.25) is 4.79 Å². The van der Waals surface area contributed by atoms with Crippen LogP contribution in [0.1, 0.15) is 40.0 Å². The summed E-state index contributed by atoms with van der Waals surface area (Å²) in [6.45, 7) is 8.49. The zero-order valence-corrected chi connectivity index (χ0v) is 13.0. The molecule has 1 amide bonds. The number of amides is 1. The summed E-state index contributed by atoms with van der Waals surface area (Å²) in [6.07, 6.45) is 2.87. The molecule has 110 valence electrons. The lowest BCUT2D eigenvalue weighted by Crippen LogP contribution is -2.69. The highest BCUT2D eigenvalue weighted by Crippen LogP contribution is 2.53. The van der Waals surface area contributed by atoms with Crippen LogP contribution in [0.2, 0.25) is 0 Å². The highest BCUT2D eigenvalue weighted by atomic mass is 16.5. The number of nitrogens with one attached hydrogen (secondary N) is 1. The summed E-state index contributed by atoms with van der Waals surface area (Å²) in [5.74, 6) is 0.522. The Bertz CT molecular complexity index is 350. The number of carbonyl (C=O) groups excluding carboxylic acids is 1. The number of methoxy groups -OCH3 is 1. The minimum absolute atomic E-state index is 0.0130. The Balaban J connectivity index is 2.01. The molecule has 0 spiro atoms. The number of ether oxygens (including phenoxy) is 1. The molecule has 0 bridgehead atoms. The number of piperidine rings is 1. The van der Waals surface area contributed by atoms with E-state index >= 15 is 0 Å². The monoisotopic (exact) mass is 268 g/mol. The van der Waals surface area contributed by atoms with Crippen molar-refractivity contribution in [1.82, 2.24) is 10.2 Å². The van der Waals surface area contributed by atoms with Gasteiger partial charge in [0.2, 0.25) is 5.91 Å². The highest BCUT2D eigenvalue weighted by Gasteiger charge is 2.60. The van der Waals surface area contributed by atoms with Gasteiger partial charge in [0.25, 0.3) is 0 Å². The van der Waals surface area contributed by atoms with Crippen molar-refractivity contribution in [3.8, 4) is 0 Å². The molecule has 1 heterocycles. The molecule has 4 heteroatoms. The molecule has 0 aromatic heterocycles. The Labute approximate surface area is 116 Å². The molecule has 1 saturated carbocycles. The number of nitrogens with zero attached hydrogens (tertiary/aromatic N) is 1. The normalized spacial score (nSPS) is 34.7. The third-order valence-corrected chi connectivity index (χ3v) is 5.73. The van der Waals surface area contributed by atoms with Crippen molar-refractivity contribution in [2.75, 3.05) is 27.2 Å². The Morgan fingerprint density at radius 1 is 1.26 bits per heavy atom. The first kappa shape index (κ1) is 14.8. The molecule has 1 aliphatic heterocycles. The summed E-state index contributed by atoms with van der Waals surface area (Å²) in [4.78, 5) is 14.6. The number of carbonyl (C=O) groups is 1. The molecule has 0 aromatic carbocycles. The van der Waals surface area contributed by atoms with Gasteiger partial charge in [-0.2, -0.15) is 0 Å². The second-order valence-electron chi connectivity index (χ2n) is 6.85. The number of hydrogen-bond donors (Lipinski definition) is 1. The van der Waals surface area contributed by atoms with E-state index in [2.05, 4.69) is 26.1 Å². The predicted molar refractivity (Wildman–Crippen MR) is 76.0 cm³/mol. The van der Waals surface area contributed by atoms with Gasteiger partial charge in [0.05, 0.1) is 5.60 Å². The third-order valence-electron chi connectivity index (χ3n) is 5.73. The summed E-state index contributed by atoms with van der Waals surface area (Å²) in [5.41, 5.74) is -0.0978. The number of hydrogen-bond acceptors (Lipinski definition) is 3. The van der Waals surface area contributed by atoms with Gasteiger partial charge < -0.3 is 15.0 Å². The fraction of sp³-hybridized carbons (Fsp3) is 0.933. The minimum Gasteiger partial charge on any atom is -0.378 e. The molecule has 0 radical (unpaired) electrons. The Morgan fingerprint density at radius 3 is 2.32 bits per heavy atom. The molecule has 4 nitrogen and oxygen atoms in total. The lowest BCUT2D eigenvalue weighted by molar-refractivity contribution is -0.208. The fourth-order valence-electron chi connectivity index (χ4n) is 3.59. The van der Waals surface area contributed by atoms with Crippen molar-refractivity contribution in [2.24, 2.45) is 11.3 Å². The van der Waals surface area contributed by atoms with Crippen LogP contribution in [-0.4, -0.2) is 49.7 Å². The van der Waals surface area contributed by atoms with Crippen molar-refractivity contribution in [3.63, 3.8) is 0 Å². The maximum atomic E-state index is 12.6. The molecule has 0 unspecified atom stereocenters. The van der Waals surface area contributed by atoms with Gasteiger partial charge in [0, 0.05) is 31.5 Å². The Morgan fingerprint density at radius 2 is 1.84 bits per heavy atom. The molecular formula is C15H28N2O2. The van der Waals surface area contributed by atoms with Crippen molar-refractivity contribution >= 4 is 5.91 Å². The van der Waals surface area contributed by atoms with E-state index in [0.29, 0.717) is 11.9 Å². The van der Waals surface area contributed by atoms with Gasteiger partial charge in [-0.1, -0.05) is 13.8 Å². The van der Waals surface area contributed by atoms with E-state index in [9.17, 15) is 4.79 Å². The van der Waals surface area contributed by atoms with Crippen LogP contribution in [0.15, 0.2) is 0 Å². The van der Waals surface area contributed by atoms with E-state index in [0.717, 1.165) is 32.4 Å². The van der Waals surface area contributed by atoms with Gasteiger partial charge in [-0.25, -0.2) is 0 Å². The molecule has 2 rings (SSSR count). The summed E-state index contributed by atoms with van der Waals surface area (Å²) < 4.78 is 5.65.